The fourth-order valence-corrected chi connectivity index (χ4v) is 7.42. The molecule has 1 N–H and O–H groups in total. The highest BCUT2D eigenvalue weighted by Crippen LogP contribution is 2.48. The summed E-state index contributed by atoms with van der Waals surface area (Å²) < 4.78 is 0. The molecule has 4 atom stereocenters. The highest BCUT2D eigenvalue weighted by atomic mass is 16.3. The second kappa shape index (κ2) is 21.2. The Morgan fingerprint density at radius 2 is 0.961 bits per heavy atom. The van der Waals surface area contributed by atoms with Gasteiger partial charge in [0.1, 0.15) is 0 Å². The van der Waals surface area contributed by atoms with E-state index in [4.69, 9.17) is 0 Å². The number of aliphatic hydroxyl groups excluding tert-OH is 1. The van der Waals surface area contributed by atoms with E-state index in [1.54, 1.807) is 0 Å². The fraction of sp³-hybridized carbons (Fsp3) is 0.480. The molecule has 0 aromatic rings. The van der Waals surface area contributed by atoms with E-state index in [1.807, 2.05) is 6.92 Å². The highest BCUT2D eigenvalue weighted by molar-refractivity contribution is 5.33. The van der Waals surface area contributed by atoms with Gasteiger partial charge in [0.25, 0.3) is 0 Å². The Labute approximate surface area is 314 Å². The van der Waals surface area contributed by atoms with Crippen molar-refractivity contribution in [2.24, 2.45) is 34.5 Å². The lowest BCUT2D eigenvalue weighted by Gasteiger charge is -2.43. The molecule has 0 spiro atoms. The predicted octanol–water partition coefficient (Wildman–Crippen LogP) is 14.5. The molecule has 0 aliphatic heterocycles. The molecule has 4 unspecified atom stereocenters. The van der Waals surface area contributed by atoms with E-state index in [2.05, 4.69) is 192 Å². The van der Waals surface area contributed by atoms with E-state index in [9.17, 15) is 5.11 Å². The summed E-state index contributed by atoms with van der Waals surface area (Å²) in [6.45, 7) is 29.5. The summed E-state index contributed by atoms with van der Waals surface area (Å²) in [4.78, 5) is 0. The standard InChI is InChI=1S/C50H72O/c1-37(2)24-30-45-32-28-43(8)47(49(45,10)11)34-26-40(5)22-16-20-38(3)18-14-15-19-39(4)21-17-23-41(6)27-35-48-44(9)29-33-46(50(48,12)13)31-25-42(7)36-51/h14-29,34-35,45-48,51H,30-33,36H2,1-13H3. The third-order valence-electron chi connectivity index (χ3n) is 11.3. The summed E-state index contributed by atoms with van der Waals surface area (Å²) in [7, 11) is 0. The first-order valence-corrected chi connectivity index (χ1v) is 19.3. The van der Waals surface area contributed by atoms with E-state index in [1.165, 1.54) is 45.4 Å². The first kappa shape index (κ1) is 43.7. The van der Waals surface area contributed by atoms with Crippen LogP contribution in [0.5, 0.6) is 0 Å². The Morgan fingerprint density at radius 1 is 0.588 bits per heavy atom. The Kier molecular flexibility index (Phi) is 18.2. The molecule has 51 heavy (non-hydrogen) atoms. The smallest absolute Gasteiger partial charge is 0.0639 e. The minimum atomic E-state index is 0.147. The molecule has 1 heteroatoms. The molecule has 0 fully saturated rings. The van der Waals surface area contributed by atoms with Crippen molar-refractivity contribution >= 4 is 0 Å². The molecule has 2 aliphatic rings. The highest BCUT2D eigenvalue weighted by Gasteiger charge is 2.39. The first-order valence-electron chi connectivity index (χ1n) is 19.3. The van der Waals surface area contributed by atoms with Gasteiger partial charge in [-0.15, -0.1) is 0 Å². The third kappa shape index (κ3) is 14.6. The molecule has 0 heterocycles. The van der Waals surface area contributed by atoms with Gasteiger partial charge in [-0.2, -0.15) is 0 Å². The first-order chi connectivity index (χ1) is 24.0. The average Bonchev–Trinajstić information content (AvgIpc) is 3.05. The van der Waals surface area contributed by atoms with Crippen LogP contribution in [0.4, 0.5) is 0 Å². The van der Waals surface area contributed by atoms with E-state index in [0.717, 1.165) is 24.8 Å². The van der Waals surface area contributed by atoms with Crippen molar-refractivity contribution in [3.8, 4) is 0 Å². The predicted molar refractivity (Wildman–Crippen MR) is 229 cm³/mol. The maximum atomic E-state index is 9.41. The summed E-state index contributed by atoms with van der Waals surface area (Å²) in [6.07, 6.45) is 44.9. The van der Waals surface area contributed by atoms with Crippen molar-refractivity contribution in [3.63, 3.8) is 0 Å². The van der Waals surface area contributed by atoms with Crippen LogP contribution in [0.2, 0.25) is 0 Å². The summed E-state index contributed by atoms with van der Waals surface area (Å²) >= 11 is 0. The quantitative estimate of drug-likeness (QED) is 0.134. The van der Waals surface area contributed by atoms with Crippen LogP contribution >= 0.6 is 0 Å². The number of hydrogen-bond acceptors (Lipinski definition) is 1. The molecule has 0 aromatic carbocycles. The van der Waals surface area contributed by atoms with Crippen LogP contribution in [0.15, 0.2) is 154 Å². The van der Waals surface area contributed by atoms with Crippen molar-refractivity contribution in [3.05, 3.63) is 154 Å². The van der Waals surface area contributed by atoms with Gasteiger partial charge in [0, 0.05) is 11.8 Å². The Hall–Kier alpha value is -3.42. The molecule has 1 nitrogen and oxygen atoms in total. The molecule has 0 bridgehead atoms. The van der Waals surface area contributed by atoms with Gasteiger partial charge in [-0.1, -0.05) is 182 Å². The largest absolute Gasteiger partial charge is 0.392 e. The molecular weight excluding hydrogens is 617 g/mol. The van der Waals surface area contributed by atoms with Gasteiger partial charge >= 0.3 is 0 Å². The van der Waals surface area contributed by atoms with Crippen LogP contribution in [-0.2, 0) is 0 Å². The van der Waals surface area contributed by atoms with Gasteiger partial charge in [-0.25, -0.2) is 0 Å². The second-order valence-corrected chi connectivity index (χ2v) is 16.8. The number of hydrogen-bond donors (Lipinski definition) is 1. The van der Waals surface area contributed by atoms with Crippen LogP contribution in [0.1, 0.15) is 116 Å². The van der Waals surface area contributed by atoms with Gasteiger partial charge in [-0.05, 0) is 111 Å². The molecule has 0 saturated carbocycles. The molecule has 0 aromatic heterocycles. The maximum absolute atomic E-state index is 9.41. The van der Waals surface area contributed by atoms with Crippen molar-refractivity contribution in [1.82, 2.24) is 0 Å². The van der Waals surface area contributed by atoms with Gasteiger partial charge in [0.15, 0.2) is 0 Å². The molecule has 0 amide bonds. The third-order valence-corrected chi connectivity index (χ3v) is 11.3. The topological polar surface area (TPSA) is 20.2 Å². The number of allylic oxidation sites excluding steroid dienone is 25. The minimum absolute atomic E-state index is 0.147. The molecule has 0 saturated heterocycles. The van der Waals surface area contributed by atoms with E-state index in [0.29, 0.717) is 23.7 Å². The average molecular weight is 689 g/mol. The van der Waals surface area contributed by atoms with E-state index >= 15 is 0 Å². The van der Waals surface area contributed by atoms with Crippen molar-refractivity contribution in [1.29, 1.82) is 0 Å². The van der Waals surface area contributed by atoms with Gasteiger partial charge in [0.05, 0.1) is 6.61 Å². The zero-order chi connectivity index (χ0) is 38.2. The van der Waals surface area contributed by atoms with Crippen molar-refractivity contribution in [2.45, 2.75) is 116 Å². The number of aliphatic hydroxyl groups is 1. The molecular formula is C50H72O. The molecule has 0 radical (unpaired) electrons. The molecule has 2 rings (SSSR count). The summed E-state index contributed by atoms with van der Waals surface area (Å²) in [5, 5.41) is 9.41. The van der Waals surface area contributed by atoms with Crippen molar-refractivity contribution in [2.75, 3.05) is 6.61 Å². The van der Waals surface area contributed by atoms with Gasteiger partial charge in [0.2, 0.25) is 0 Å². The van der Waals surface area contributed by atoms with Gasteiger partial charge in [-0.3, -0.25) is 0 Å². The van der Waals surface area contributed by atoms with Crippen molar-refractivity contribution < 1.29 is 5.11 Å². The van der Waals surface area contributed by atoms with Crippen LogP contribution in [0.25, 0.3) is 0 Å². The summed E-state index contributed by atoms with van der Waals surface area (Å²) in [5.41, 5.74) is 10.8. The van der Waals surface area contributed by atoms with E-state index in [-0.39, 0.29) is 17.4 Å². The normalized spacial score (nSPS) is 25.5. The lowest BCUT2D eigenvalue weighted by molar-refractivity contribution is 0.154. The van der Waals surface area contributed by atoms with Gasteiger partial charge < -0.3 is 5.11 Å². The van der Waals surface area contributed by atoms with Crippen LogP contribution in [0.3, 0.4) is 0 Å². The molecule has 278 valence electrons. The van der Waals surface area contributed by atoms with Crippen LogP contribution in [-0.4, -0.2) is 11.7 Å². The SMILES string of the molecule is CC(C)=CCC1CC=C(C)C(C=CC(C)=CC=CC(C)=CC=CC=C(C)C=CC=C(C)C=CC2C(C)=CCC(CC=C(C)CO)C2(C)C)C1(C)C. The van der Waals surface area contributed by atoms with Crippen LogP contribution in [0, 0.1) is 34.5 Å². The lowest BCUT2D eigenvalue weighted by atomic mass is 9.61. The zero-order valence-corrected chi connectivity index (χ0v) is 34.7. The van der Waals surface area contributed by atoms with E-state index < -0.39 is 0 Å². The second-order valence-electron chi connectivity index (χ2n) is 16.8. The lowest BCUT2D eigenvalue weighted by Crippen LogP contribution is -2.35. The Bertz CT molecular complexity index is 1550. The Morgan fingerprint density at radius 3 is 1.35 bits per heavy atom. The Balaban J connectivity index is 1.94. The monoisotopic (exact) mass is 689 g/mol. The minimum Gasteiger partial charge on any atom is -0.392 e. The fourth-order valence-electron chi connectivity index (χ4n) is 7.42. The zero-order valence-electron chi connectivity index (χ0n) is 34.7. The maximum Gasteiger partial charge on any atom is 0.0639 e. The molecule has 2 aliphatic carbocycles. The summed E-state index contributed by atoms with van der Waals surface area (Å²) in [6, 6.07) is 0. The summed E-state index contributed by atoms with van der Waals surface area (Å²) in [5.74, 6) is 2.12. The van der Waals surface area contributed by atoms with Crippen LogP contribution < -0.4 is 0 Å². The number of rotatable bonds is 15.